The zero-order valence-corrected chi connectivity index (χ0v) is 10.7. The van der Waals surface area contributed by atoms with Gasteiger partial charge in [0.2, 0.25) is 0 Å². The third-order valence-corrected chi connectivity index (χ3v) is 4.14. The van der Waals surface area contributed by atoms with Crippen LogP contribution >= 0.6 is 0 Å². The monoisotopic (exact) mass is 226 g/mol. The van der Waals surface area contributed by atoms with Crippen LogP contribution in [0, 0.1) is 0 Å². The Balaban J connectivity index is 1.85. The summed E-state index contributed by atoms with van der Waals surface area (Å²) in [6.07, 6.45) is 6.54. The second-order valence-corrected chi connectivity index (χ2v) is 5.24. The van der Waals surface area contributed by atoms with Crippen LogP contribution in [0.15, 0.2) is 0 Å². The van der Waals surface area contributed by atoms with Crippen molar-refractivity contribution in [2.75, 3.05) is 26.8 Å². The van der Waals surface area contributed by atoms with Gasteiger partial charge in [-0.2, -0.15) is 0 Å². The molecule has 1 N–H and O–H groups in total. The minimum Gasteiger partial charge on any atom is -0.380 e. The van der Waals surface area contributed by atoms with E-state index in [1.807, 2.05) is 0 Å². The second kappa shape index (κ2) is 5.99. The topological polar surface area (TPSA) is 24.5 Å². The van der Waals surface area contributed by atoms with E-state index >= 15 is 0 Å². The minimum absolute atomic E-state index is 0.661. The highest BCUT2D eigenvalue weighted by Crippen LogP contribution is 2.26. The van der Waals surface area contributed by atoms with Crippen molar-refractivity contribution >= 4 is 0 Å². The summed E-state index contributed by atoms with van der Waals surface area (Å²) < 4.78 is 5.49. The normalized spacial score (nSPS) is 35.1. The zero-order chi connectivity index (χ0) is 11.4. The molecule has 0 bridgehead atoms. The summed E-state index contributed by atoms with van der Waals surface area (Å²) in [7, 11) is 2.29. The molecule has 1 saturated carbocycles. The van der Waals surface area contributed by atoms with E-state index < -0.39 is 0 Å². The summed E-state index contributed by atoms with van der Waals surface area (Å²) in [4.78, 5) is 2.58. The van der Waals surface area contributed by atoms with Gasteiger partial charge in [0.15, 0.2) is 0 Å². The predicted octanol–water partition coefficient (Wildman–Crippen LogP) is 1.63. The van der Waals surface area contributed by atoms with Crippen molar-refractivity contribution in [2.45, 2.75) is 57.2 Å². The van der Waals surface area contributed by atoms with Gasteiger partial charge in [-0.1, -0.05) is 13.3 Å². The molecule has 0 aromatic rings. The van der Waals surface area contributed by atoms with Gasteiger partial charge in [-0.3, -0.25) is 4.90 Å². The number of ether oxygens (including phenoxy) is 1. The molecule has 0 aromatic carbocycles. The molecule has 94 valence electrons. The molecule has 1 heterocycles. The zero-order valence-electron chi connectivity index (χ0n) is 10.7. The van der Waals surface area contributed by atoms with Gasteiger partial charge in [-0.25, -0.2) is 0 Å². The molecule has 1 aliphatic carbocycles. The van der Waals surface area contributed by atoms with Gasteiger partial charge in [0.1, 0.15) is 0 Å². The number of nitrogens with one attached hydrogen (secondary N) is 1. The van der Waals surface area contributed by atoms with E-state index in [1.165, 1.54) is 32.1 Å². The summed E-state index contributed by atoms with van der Waals surface area (Å²) in [5.41, 5.74) is 0. The molecule has 0 spiro atoms. The van der Waals surface area contributed by atoms with Crippen LogP contribution in [0.5, 0.6) is 0 Å². The Morgan fingerprint density at radius 3 is 2.88 bits per heavy atom. The molecule has 1 aliphatic heterocycles. The molecule has 3 unspecified atom stereocenters. The number of hydrogen-bond donors (Lipinski definition) is 1. The van der Waals surface area contributed by atoms with Crippen molar-refractivity contribution in [1.29, 1.82) is 0 Å². The van der Waals surface area contributed by atoms with Crippen molar-refractivity contribution in [3.8, 4) is 0 Å². The molecule has 2 rings (SSSR count). The van der Waals surface area contributed by atoms with Gasteiger partial charge in [0.05, 0.1) is 6.61 Å². The highest BCUT2D eigenvalue weighted by Gasteiger charge is 2.34. The van der Waals surface area contributed by atoms with Crippen molar-refractivity contribution in [3.05, 3.63) is 0 Å². The summed E-state index contributed by atoms with van der Waals surface area (Å²) in [6.45, 7) is 5.30. The Labute approximate surface area is 99.5 Å². The van der Waals surface area contributed by atoms with Gasteiger partial charge in [0.25, 0.3) is 0 Å². The lowest BCUT2D eigenvalue weighted by Gasteiger charge is -2.34. The fourth-order valence-electron chi connectivity index (χ4n) is 3.11. The standard InChI is InChI=1S/C13H26N2O/c1-3-8-14-12-5-4-6-13(12)15(2)11-7-9-16-10-11/h11-14H,3-10H2,1-2H3. The minimum atomic E-state index is 0.661. The van der Waals surface area contributed by atoms with Crippen molar-refractivity contribution in [1.82, 2.24) is 10.2 Å². The smallest absolute Gasteiger partial charge is 0.0622 e. The summed E-state index contributed by atoms with van der Waals surface area (Å²) in [6, 6.07) is 2.11. The maximum atomic E-state index is 5.49. The quantitative estimate of drug-likeness (QED) is 0.771. The first-order valence-electron chi connectivity index (χ1n) is 6.86. The van der Waals surface area contributed by atoms with Gasteiger partial charge in [0, 0.05) is 24.7 Å². The van der Waals surface area contributed by atoms with E-state index in [0.29, 0.717) is 12.1 Å². The van der Waals surface area contributed by atoms with Gasteiger partial charge < -0.3 is 10.1 Å². The Bertz CT molecular complexity index is 204. The van der Waals surface area contributed by atoms with E-state index in [0.717, 1.165) is 25.8 Å². The lowest BCUT2D eigenvalue weighted by Crippen LogP contribution is -2.49. The molecule has 0 radical (unpaired) electrons. The Hall–Kier alpha value is -0.120. The molecule has 3 heteroatoms. The summed E-state index contributed by atoms with van der Waals surface area (Å²) >= 11 is 0. The first-order chi connectivity index (χ1) is 7.83. The number of likely N-dealkylation sites (N-methyl/N-ethyl adjacent to an activating group) is 1. The van der Waals surface area contributed by atoms with Gasteiger partial charge in [-0.15, -0.1) is 0 Å². The number of hydrogen-bond acceptors (Lipinski definition) is 3. The third kappa shape index (κ3) is 2.76. The molecule has 0 aromatic heterocycles. The summed E-state index contributed by atoms with van der Waals surface area (Å²) in [5.74, 6) is 0. The Morgan fingerprint density at radius 2 is 2.19 bits per heavy atom. The average molecular weight is 226 g/mol. The first kappa shape index (κ1) is 12.3. The number of nitrogens with zero attached hydrogens (tertiary/aromatic N) is 1. The highest BCUT2D eigenvalue weighted by molar-refractivity contribution is 4.92. The van der Waals surface area contributed by atoms with Crippen molar-refractivity contribution in [3.63, 3.8) is 0 Å². The van der Waals surface area contributed by atoms with Crippen LogP contribution in [-0.4, -0.2) is 49.8 Å². The van der Waals surface area contributed by atoms with Crippen LogP contribution < -0.4 is 5.32 Å². The van der Waals surface area contributed by atoms with E-state index in [2.05, 4.69) is 24.2 Å². The van der Waals surface area contributed by atoms with Crippen molar-refractivity contribution < 1.29 is 4.74 Å². The third-order valence-electron chi connectivity index (χ3n) is 4.14. The summed E-state index contributed by atoms with van der Waals surface area (Å²) in [5, 5.41) is 3.70. The molecule has 3 nitrogen and oxygen atoms in total. The Morgan fingerprint density at radius 1 is 1.31 bits per heavy atom. The molecular formula is C13H26N2O. The predicted molar refractivity (Wildman–Crippen MR) is 66.7 cm³/mol. The van der Waals surface area contributed by atoms with Crippen LogP contribution in [0.25, 0.3) is 0 Å². The largest absolute Gasteiger partial charge is 0.380 e. The molecule has 2 aliphatic rings. The van der Waals surface area contributed by atoms with Crippen LogP contribution in [0.2, 0.25) is 0 Å². The molecule has 2 fully saturated rings. The van der Waals surface area contributed by atoms with Crippen LogP contribution in [0.3, 0.4) is 0 Å². The fourth-order valence-corrected chi connectivity index (χ4v) is 3.11. The van der Waals surface area contributed by atoms with E-state index in [9.17, 15) is 0 Å². The maximum absolute atomic E-state index is 5.49. The van der Waals surface area contributed by atoms with E-state index in [1.54, 1.807) is 0 Å². The molecule has 0 amide bonds. The Kier molecular flexibility index (Phi) is 4.62. The fraction of sp³-hybridized carbons (Fsp3) is 1.00. The van der Waals surface area contributed by atoms with Gasteiger partial charge >= 0.3 is 0 Å². The molecule has 16 heavy (non-hydrogen) atoms. The van der Waals surface area contributed by atoms with Crippen LogP contribution in [0.4, 0.5) is 0 Å². The lowest BCUT2D eigenvalue weighted by atomic mass is 10.1. The van der Waals surface area contributed by atoms with Gasteiger partial charge in [-0.05, 0) is 39.3 Å². The lowest BCUT2D eigenvalue weighted by molar-refractivity contribution is 0.122. The van der Waals surface area contributed by atoms with E-state index in [-0.39, 0.29) is 0 Å². The van der Waals surface area contributed by atoms with Crippen LogP contribution in [0.1, 0.15) is 39.0 Å². The first-order valence-corrected chi connectivity index (χ1v) is 6.86. The average Bonchev–Trinajstić information content (AvgIpc) is 2.96. The van der Waals surface area contributed by atoms with Crippen molar-refractivity contribution in [2.24, 2.45) is 0 Å². The SMILES string of the molecule is CCCNC1CCCC1N(C)C1CCOC1. The van der Waals surface area contributed by atoms with E-state index in [4.69, 9.17) is 4.74 Å². The highest BCUT2D eigenvalue weighted by atomic mass is 16.5. The number of rotatable bonds is 5. The molecular weight excluding hydrogens is 200 g/mol. The second-order valence-electron chi connectivity index (χ2n) is 5.24. The molecule has 1 saturated heterocycles. The molecule has 3 atom stereocenters. The maximum Gasteiger partial charge on any atom is 0.0622 e. The van der Waals surface area contributed by atoms with Crippen LogP contribution in [-0.2, 0) is 4.74 Å².